The first-order valence-electron chi connectivity index (χ1n) is 7.62. The van der Waals surface area contributed by atoms with Crippen molar-refractivity contribution in [3.8, 4) is 11.5 Å². The van der Waals surface area contributed by atoms with Gasteiger partial charge in [0, 0.05) is 5.56 Å². The number of hydrogen-bond acceptors (Lipinski definition) is 3. The molecule has 0 radical (unpaired) electrons. The van der Waals surface area contributed by atoms with E-state index in [0.717, 1.165) is 5.56 Å². The molecule has 5 nitrogen and oxygen atoms in total. The average molecular weight is 365 g/mol. The maximum atomic E-state index is 12.4. The first-order chi connectivity index (χ1) is 12.4. The highest BCUT2D eigenvalue weighted by atomic mass is 19.4. The van der Waals surface area contributed by atoms with Crippen LogP contribution in [0.15, 0.2) is 66.2 Å². The number of para-hydroxylation sites is 3. The Hall–Kier alpha value is -3.16. The summed E-state index contributed by atoms with van der Waals surface area (Å²) in [5.74, 6) is 0.180. The van der Waals surface area contributed by atoms with E-state index in [-0.39, 0.29) is 18.2 Å². The summed E-state index contributed by atoms with van der Waals surface area (Å²) in [6.45, 7) is 4.12. The molecule has 0 unspecified atom stereocenters. The summed E-state index contributed by atoms with van der Waals surface area (Å²) < 4.78 is 46.8. The quantitative estimate of drug-likeness (QED) is 0.441. The molecule has 0 aromatic heterocycles. The molecule has 0 aliphatic heterocycles. The molecule has 0 bridgehead atoms. The van der Waals surface area contributed by atoms with Crippen molar-refractivity contribution in [2.75, 3.05) is 11.9 Å². The van der Waals surface area contributed by atoms with Crippen molar-refractivity contribution in [3.05, 3.63) is 66.7 Å². The number of hydrogen-bond donors (Lipinski definition) is 2. The number of guanidine groups is 1. The van der Waals surface area contributed by atoms with Crippen LogP contribution in [0.2, 0.25) is 0 Å². The fraction of sp³-hybridized carbons (Fsp3) is 0.167. The number of anilines is 1. The van der Waals surface area contributed by atoms with Crippen molar-refractivity contribution >= 4 is 11.6 Å². The summed E-state index contributed by atoms with van der Waals surface area (Å²) >= 11 is 0. The van der Waals surface area contributed by atoms with Crippen LogP contribution in [0, 0.1) is 0 Å². The SMILES string of the molecule is C=CCOc1ccccc1CN=C(N)Nc1ccccc1OC(F)(F)F. The molecule has 0 spiro atoms. The van der Waals surface area contributed by atoms with Crippen molar-refractivity contribution in [2.45, 2.75) is 12.9 Å². The summed E-state index contributed by atoms with van der Waals surface area (Å²) in [5.41, 5.74) is 6.62. The first kappa shape index (κ1) is 19.2. The topological polar surface area (TPSA) is 68.9 Å². The van der Waals surface area contributed by atoms with Gasteiger partial charge in [-0.3, -0.25) is 0 Å². The highest BCUT2D eigenvalue weighted by Gasteiger charge is 2.32. The predicted octanol–water partition coefficient (Wildman–Crippen LogP) is 4.08. The molecule has 0 saturated carbocycles. The molecule has 8 heteroatoms. The van der Waals surface area contributed by atoms with E-state index < -0.39 is 12.1 Å². The minimum atomic E-state index is -4.80. The lowest BCUT2D eigenvalue weighted by Gasteiger charge is -2.14. The van der Waals surface area contributed by atoms with Crippen molar-refractivity contribution in [1.82, 2.24) is 0 Å². The molecule has 138 valence electrons. The summed E-state index contributed by atoms with van der Waals surface area (Å²) in [7, 11) is 0. The molecule has 0 saturated heterocycles. The second kappa shape index (κ2) is 8.80. The lowest BCUT2D eigenvalue weighted by molar-refractivity contribution is -0.274. The highest BCUT2D eigenvalue weighted by Crippen LogP contribution is 2.29. The number of benzene rings is 2. The molecular formula is C18H18F3N3O2. The fourth-order valence-corrected chi connectivity index (χ4v) is 2.06. The number of ether oxygens (including phenoxy) is 2. The van der Waals surface area contributed by atoms with E-state index in [1.165, 1.54) is 18.2 Å². The zero-order chi connectivity index (χ0) is 19.0. The van der Waals surface area contributed by atoms with Crippen LogP contribution in [0.1, 0.15) is 5.56 Å². The Morgan fingerprint density at radius 1 is 1.12 bits per heavy atom. The van der Waals surface area contributed by atoms with E-state index in [9.17, 15) is 13.2 Å². The van der Waals surface area contributed by atoms with Gasteiger partial charge in [0.15, 0.2) is 11.7 Å². The zero-order valence-electron chi connectivity index (χ0n) is 13.8. The Labute approximate surface area is 148 Å². The summed E-state index contributed by atoms with van der Waals surface area (Å²) in [4.78, 5) is 4.14. The molecule has 0 fully saturated rings. The molecule has 26 heavy (non-hydrogen) atoms. The van der Waals surface area contributed by atoms with Gasteiger partial charge in [-0.05, 0) is 18.2 Å². The fourth-order valence-electron chi connectivity index (χ4n) is 2.06. The van der Waals surface area contributed by atoms with Crippen LogP contribution in [0.5, 0.6) is 11.5 Å². The Kier molecular flexibility index (Phi) is 6.48. The van der Waals surface area contributed by atoms with Gasteiger partial charge in [-0.15, -0.1) is 13.2 Å². The third-order valence-electron chi connectivity index (χ3n) is 3.12. The van der Waals surface area contributed by atoms with Crippen LogP contribution >= 0.6 is 0 Å². The predicted molar refractivity (Wildman–Crippen MR) is 94.2 cm³/mol. The molecule has 2 aromatic carbocycles. The second-order valence-electron chi connectivity index (χ2n) is 5.08. The number of nitrogens with two attached hydrogens (primary N) is 1. The second-order valence-corrected chi connectivity index (χ2v) is 5.08. The molecule has 0 aliphatic carbocycles. The minimum absolute atomic E-state index is 0.0539. The average Bonchev–Trinajstić information content (AvgIpc) is 2.59. The van der Waals surface area contributed by atoms with Crippen LogP contribution < -0.4 is 20.5 Å². The van der Waals surface area contributed by atoms with Gasteiger partial charge >= 0.3 is 6.36 Å². The zero-order valence-corrected chi connectivity index (χ0v) is 13.8. The maximum Gasteiger partial charge on any atom is 0.573 e. The molecule has 2 aromatic rings. The lowest BCUT2D eigenvalue weighted by atomic mass is 10.2. The monoisotopic (exact) mass is 365 g/mol. The Morgan fingerprint density at radius 2 is 1.77 bits per heavy atom. The van der Waals surface area contributed by atoms with Gasteiger partial charge in [-0.2, -0.15) is 0 Å². The van der Waals surface area contributed by atoms with Crippen molar-refractivity contribution < 1.29 is 22.6 Å². The van der Waals surface area contributed by atoms with Gasteiger partial charge in [-0.1, -0.05) is 43.0 Å². The number of rotatable bonds is 7. The molecule has 3 N–H and O–H groups in total. The van der Waals surface area contributed by atoms with E-state index in [0.29, 0.717) is 12.4 Å². The smallest absolute Gasteiger partial charge is 0.489 e. The molecule has 0 amide bonds. The van der Waals surface area contributed by atoms with Crippen LogP contribution in [0.4, 0.5) is 18.9 Å². The van der Waals surface area contributed by atoms with Crippen molar-refractivity contribution in [1.29, 1.82) is 0 Å². The van der Waals surface area contributed by atoms with Gasteiger partial charge in [0.1, 0.15) is 12.4 Å². The van der Waals surface area contributed by atoms with Crippen molar-refractivity contribution in [3.63, 3.8) is 0 Å². The Balaban J connectivity index is 2.09. The summed E-state index contributed by atoms with van der Waals surface area (Å²) in [6, 6.07) is 12.8. The minimum Gasteiger partial charge on any atom is -0.489 e. The molecule has 0 aliphatic rings. The van der Waals surface area contributed by atoms with E-state index >= 15 is 0 Å². The number of halogens is 3. The van der Waals surface area contributed by atoms with Gasteiger partial charge in [0.2, 0.25) is 0 Å². The number of aliphatic imine (C=N–C) groups is 1. The van der Waals surface area contributed by atoms with E-state index in [2.05, 4.69) is 21.6 Å². The number of nitrogens with one attached hydrogen (secondary N) is 1. The Morgan fingerprint density at radius 3 is 2.46 bits per heavy atom. The van der Waals surface area contributed by atoms with Crippen LogP contribution in [0.3, 0.4) is 0 Å². The van der Waals surface area contributed by atoms with Gasteiger partial charge in [0.05, 0.1) is 12.2 Å². The normalized spacial score (nSPS) is 11.7. The lowest BCUT2D eigenvalue weighted by Crippen LogP contribution is -2.24. The number of nitrogens with zero attached hydrogens (tertiary/aromatic N) is 1. The number of alkyl halides is 3. The van der Waals surface area contributed by atoms with E-state index in [1.54, 1.807) is 18.2 Å². The van der Waals surface area contributed by atoms with E-state index in [1.807, 2.05) is 18.2 Å². The molecular weight excluding hydrogens is 347 g/mol. The third-order valence-corrected chi connectivity index (χ3v) is 3.12. The van der Waals surface area contributed by atoms with Crippen LogP contribution in [-0.2, 0) is 6.54 Å². The Bertz CT molecular complexity index is 776. The first-order valence-corrected chi connectivity index (χ1v) is 7.62. The summed E-state index contributed by atoms with van der Waals surface area (Å²) in [6.07, 6.45) is -3.18. The van der Waals surface area contributed by atoms with Crippen LogP contribution in [-0.4, -0.2) is 18.9 Å². The third kappa shape index (κ3) is 6.04. The van der Waals surface area contributed by atoms with Gasteiger partial charge < -0.3 is 20.5 Å². The van der Waals surface area contributed by atoms with Gasteiger partial charge in [0.25, 0.3) is 0 Å². The molecule has 2 rings (SSSR count). The van der Waals surface area contributed by atoms with E-state index in [4.69, 9.17) is 10.5 Å². The van der Waals surface area contributed by atoms with Crippen molar-refractivity contribution in [2.24, 2.45) is 10.7 Å². The highest BCUT2D eigenvalue weighted by molar-refractivity contribution is 5.93. The molecule has 0 heterocycles. The standard InChI is InChI=1S/C18H18F3N3O2/c1-2-11-25-15-9-5-3-7-13(15)12-23-17(22)24-14-8-4-6-10-16(14)26-18(19,20)21/h2-10H,1,11-12H2,(H3,22,23,24). The largest absolute Gasteiger partial charge is 0.573 e. The van der Waals surface area contributed by atoms with Gasteiger partial charge in [-0.25, -0.2) is 4.99 Å². The van der Waals surface area contributed by atoms with Crippen LogP contribution in [0.25, 0.3) is 0 Å². The summed E-state index contributed by atoms with van der Waals surface area (Å²) in [5, 5.41) is 2.61. The maximum absolute atomic E-state index is 12.4. The molecule has 0 atom stereocenters.